The van der Waals surface area contributed by atoms with E-state index >= 15 is 0 Å². The molecule has 11 heavy (non-hydrogen) atoms. The molecule has 0 saturated heterocycles. The van der Waals surface area contributed by atoms with Crippen LogP contribution in [0.2, 0.25) is 0 Å². The van der Waals surface area contributed by atoms with Crippen LogP contribution in [0.3, 0.4) is 0 Å². The normalized spacial score (nSPS) is 9.64. The fourth-order valence-corrected chi connectivity index (χ4v) is 0.999. The van der Waals surface area contributed by atoms with Crippen molar-refractivity contribution < 1.29 is 9.90 Å². The second kappa shape index (κ2) is 3.24. The Morgan fingerprint density at radius 2 is 2.18 bits per heavy atom. The minimum absolute atomic E-state index is 0.0106. The van der Waals surface area contributed by atoms with Crippen LogP contribution in [0.1, 0.15) is 10.4 Å². The molecule has 0 saturated carbocycles. The van der Waals surface area contributed by atoms with E-state index in [4.69, 9.17) is 16.7 Å². The number of hydrogen-bond donors (Lipinski definition) is 1. The van der Waals surface area contributed by atoms with Crippen molar-refractivity contribution in [3.63, 3.8) is 0 Å². The van der Waals surface area contributed by atoms with Crippen LogP contribution in [0.4, 0.5) is 0 Å². The zero-order valence-electron chi connectivity index (χ0n) is 5.34. The van der Waals surface area contributed by atoms with E-state index in [2.05, 4.69) is 15.9 Å². The zero-order valence-corrected chi connectivity index (χ0v) is 7.69. The lowest BCUT2D eigenvalue weighted by Crippen LogP contribution is -1.86. The number of phenols is 1. The van der Waals surface area contributed by atoms with Crippen LogP contribution in [-0.4, -0.2) is 10.3 Å². The van der Waals surface area contributed by atoms with E-state index in [0.29, 0.717) is 4.47 Å². The Hall–Kier alpha value is -0.540. The summed E-state index contributed by atoms with van der Waals surface area (Å²) in [6.45, 7) is 0. The number of halogens is 2. The van der Waals surface area contributed by atoms with Gasteiger partial charge in [0.2, 0.25) is 0 Å². The maximum atomic E-state index is 10.5. The van der Waals surface area contributed by atoms with E-state index in [1.807, 2.05) is 0 Å². The van der Waals surface area contributed by atoms with E-state index in [1.165, 1.54) is 12.1 Å². The number of benzene rings is 1. The number of carbonyl (C=O) groups excluding carboxylic acids is 1. The van der Waals surface area contributed by atoms with E-state index in [-0.39, 0.29) is 11.3 Å². The molecule has 4 heteroatoms. The van der Waals surface area contributed by atoms with Crippen molar-refractivity contribution in [1.82, 2.24) is 0 Å². The average molecular weight is 235 g/mol. The number of carbonyl (C=O) groups is 1. The summed E-state index contributed by atoms with van der Waals surface area (Å²) in [6.07, 6.45) is 0. The van der Waals surface area contributed by atoms with Crippen molar-refractivity contribution in [2.45, 2.75) is 0 Å². The standard InChI is InChI=1S/C7H4BrClO2/c8-5-2-1-4(7(9)11)3-6(5)10/h1-3,10H. The fourth-order valence-electron chi connectivity index (χ4n) is 0.635. The van der Waals surface area contributed by atoms with Gasteiger partial charge in [-0.15, -0.1) is 0 Å². The Bertz CT molecular complexity index is 298. The molecule has 2 nitrogen and oxygen atoms in total. The first kappa shape index (κ1) is 8.56. The fraction of sp³-hybridized carbons (Fsp3) is 0. The summed E-state index contributed by atoms with van der Waals surface area (Å²) in [6, 6.07) is 4.39. The molecule has 0 radical (unpaired) electrons. The van der Waals surface area contributed by atoms with Gasteiger partial charge in [-0.1, -0.05) is 0 Å². The van der Waals surface area contributed by atoms with Gasteiger partial charge in [0.25, 0.3) is 5.24 Å². The molecule has 0 spiro atoms. The summed E-state index contributed by atoms with van der Waals surface area (Å²) in [7, 11) is 0. The topological polar surface area (TPSA) is 37.3 Å². The van der Waals surface area contributed by atoms with Crippen LogP contribution in [0.25, 0.3) is 0 Å². The monoisotopic (exact) mass is 234 g/mol. The zero-order chi connectivity index (χ0) is 8.43. The predicted molar refractivity (Wildman–Crippen MR) is 46.0 cm³/mol. The minimum Gasteiger partial charge on any atom is -0.507 e. The molecule has 0 unspecified atom stereocenters. The first-order chi connectivity index (χ1) is 5.11. The minimum atomic E-state index is -0.576. The Morgan fingerprint density at radius 3 is 2.64 bits per heavy atom. The lowest BCUT2D eigenvalue weighted by molar-refractivity contribution is 0.108. The molecule has 58 valence electrons. The van der Waals surface area contributed by atoms with Gasteiger partial charge in [-0.05, 0) is 45.7 Å². The van der Waals surface area contributed by atoms with Crippen LogP contribution in [0.15, 0.2) is 22.7 Å². The maximum Gasteiger partial charge on any atom is 0.252 e. The van der Waals surface area contributed by atoms with Gasteiger partial charge in [-0.2, -0.15) is 0 Å². The Balaban J connectivity index is 3.15. The first-order valence-corrected chi connectivity index (χ1v) is 3.96. The molecule has 1 rings (SSSR count). The first-order valence-electron chi connectivity index (χ1n) is 2.79. The van der Waals surface area contributed by atoms with Crippen LogP contribution in [-0.2, 0) is 0 Å². The third kappa shape index (κ3) is 1.94. The molecule has 0 bridgehead atoms. The van der Waals surface area contributed by atoms with Crippen molar-refractivity contribution >= 4 is 32.8 Å². The quantitative estimate of drug-likeness (QED) is 0.760. The maximum absolute atomic E-state index is 10.5. The lowest BCUT2D eigenvalue weighted by atomic mass is 10.2. The molecule has 0 atom stereocenters. The van der Waals surface area contributed by atoms with Crippen molar-refractivity contribution in [2.24, 2.45) is 0 Å². The lowest BCUT2D eigenvalue weighted by Gasteiger charge is -1.97. The number of rotatable bonds is 1. The highest BCUT2D eigenvalue weighted by atomic mass is 79.9. The van der Waals surface area contributed by atoms with Gasteiger partial charge >= 0.3 is 0 Å². The summed E-state index contributed by atoms with van der Waals surface area (Å²) >= 11 is 8.24. The molecule has 0 heterocycles. The molecule has 0 aromatic heterocycles. The third-order valence-electron chi connectivity index (χ3n) is 1.17. The van der Waals surface area contributed by atoms with Crippen LogP contribution in [0, 0.1) is 0 Å². The van der Waals surface area contributed by atoms with Gasteiger partial charge in [-0.25, -0.2) is 0 Å². The molecule has 0 aliphatic carbocycles. The van der Waals surface area contributed by atoms with Gasteiger partial charge < -0.3 is 5.11 Å². The summed E-state index contributed by atoms with van der Waals surface area (Å²) in [5.74, 6) is 0.0106. The van der Waals surface area contributed by atoms with Gasteiger partial charge in [0.05, 0.1) is 4.47 Å². The highest BCUT2D eigenvalue weighted by Gasteiger charge is 2.03. The number of phenolic OH excluding ortho intramolecular Hbond substituents is 1. The van der Waals surface area contributed by atoms with Crippen LogP contribution < -0.4 is 0 Å². The largest absolute Gasteiger partial charge is 0.507 e. The molecule has 1 aromatic carbocycles. The molecular weight excluding hydrogens is 231 g/mol. The highest BCUT2D eigenvalue weighted by molar-refractivity contribution is 9.10. The Labute approximate surface area is 76.9 Å². The summed E-state index contributed by atoms with van der Waals surface area (Å²) in [5, 5.41) is 8.52. The van der Waals surface area contributed by atoms with E-state index in [0.717, 1.165) is 0 Å². The van der Waals surface area contributed by atoms with Gasteiger partial charge in [0, 0.05) is 5.56 Å². The van der Waals surface area contributed by atoms with E-state index in [9.17, 15) is 4.79 Å². The molecule has 1 aromatic rings. The molecular formula is C7H4BrClO2. The van der Waals surface area contributed by atoms with E-state index < -0.39 is 5.24 Å². The molecule has 0 amide bonds. The Morgan fingerprint density at radius 1 is 1.55 bits per heavy atom. The third-order valence-corrected chi connectivity index (χ3v) is 2.06. The molecule has 1 N–H and O–H groups in total. The van der Waals surface area contributed by atoms with Gasteiger partial charge in [0.1, 0.15) is 5.75 Å². The van der Waals surface area contributed by atoms with Crippen molar-refractivity contribution in [3.8, 4) is 5.75 Å². The van der Waals surface area contributed by atoms with Crippen LogP contribution >= 0.6 is 27.5 Å². The SMILES string of the molecule is O=C(Cl)c1ccc(Br)c(O)c1. The average Bonchev–Trinajstić information content (AvgIpc) is 1.94. The second-order valence-electron chi connectivity index (χ2n) is 1.94. The predicted octanol–water partition coefficient (Wildman–Crippen LogP) is 2.53. The molecule has 0 fully saturated rings. The van der Waals surface area contributed by atoms with E-state index in [1.54, 1.807) is 6.07 Å². The number of aromatic hydroxyl groups is 1. The Kier molecular flexibility index (Phi) is 2.52. The van der Waals surface area contributed by atoms with Crippen molar-refractivity contribution in [1.29, 1.82) is 0 Å². The van der Waals surface area contributed by atoms with Gasteiger partial charge in [-0.3, -0.25) is 4.79 Å². The van der Waals surface area contributed by atoms with Crippen molar-refractivity contribution in [2.75, 3.05) is 0 Å². The summed E-state index contributed by atoms with van der Waals surface area (Å²) < 4.78 is 0.541. The smallest absolute Gasteiger partial charge is 0.252 e. The van der Waals surface area contributed by atoms with Crippen molar-refractivity contribution in [3.05, 3.63) is 28.2 Å². The summed E-state index contributed by atoms with van der Waals surface area (Å²) in [5.41, 5.74) is 0.285. The molecule has 0 aliphatic rings. The highest BCUT2D eigenvalue weighted by Crippen LogP contribution is 2.24. The number of hydrogen-bond acceptors (Lipinski definition) is 2. The molecule has 0 aliphatic heterocycles. The summed E-state index contributed by atoms with van der Waals surface area (Å²) in [4.78, 5) is 10.5. The van der Waals surface area contributed by atoms with Crippen LogP contribution in [0.5, 0.6) is 5.75 Å². The second-order valence-corrected chi connectivity index (χ2v) is 3.14. The van der Waals surface area contributed by atoms with Gasteiger partial charge in [0.15, 0.2) is 0 Å².